The minimum Gasteiger partial charge on any atom is -0.496 e. The second kappa shape index (κ2) is 6.08. The first kappa shape index (κ1) is 13.9. The summed E-state index contributed by atoms with van der Waals surface area (Å²) in [6.45, 7) is 1.84. The highest BCUT2D eigenvalue weighted by Gasteiger charge is 2.10. The van der Waals surface area contributed by atoms with Gasteiger partial charge in [0.25, 0.3) is 0 Å². The molecule has 100 valence electrons. The van der Waals surface area contributed by atoms with Crippen LogP contribution in [0.5, 0.6) is 5.75 Å². The Hall–Kier alpha value is -1.52. The van der Waals surface area contributed by atoms with Crippen LogP contribution in [0.4, 0.5) is 4.39 Å². The molecular formula is C15H16FNOS. The monoisotopic (exact) mass is 277 g/mol. The third kappa shape index (κ3) is 3.28. The van der Waals surface area contributed by atoms with Crippen molar-refractivity contribution in [2.75, 3.05) is 7.11 Å². The zero-order chi connectivity index (χ0) is 13.8. The molecule has 0 aliphatic carbocycles. The molecule has 0 amide bonds. The molecule has 0 unspecified atom stereocenters. The fourth-order valence-corrected chi connectivity index (χ4v) is 2.63. The smallest absolute Gasteiger partial charge is 0.137 e. The molecule has 0 spiro atoms. The van der Waals surface area contributed by atoms with Crippen LogP contribution in [0.15, 0.2) is 52.3 Å². The van der Waals surface area contributed by atoms with Gasteiger partial charge in [0.2, 0.25) is 0 Å². The third-order valence-corrected chi connectivity index (χ3v) is 3.88. The summed E-state index contributed by atoms with van der Waals surface area (Å²) < 4.78 is 19.3. The minimum atomic E-state index is -0.259. The molecule has 0 aromatic heterocycles. The van der Waals surface area contributed by atoms with Gasteiger partial charge in [-0.05, 0) is 36.8 Å². The quantitative estimate of drug-likeness (QED) is 0.917. The number of nitrogens with two attached hydrogens (primary N) is 1. The van der Waals surface area contributed by atoms with Gasteiger partial charge in [0, 0.05) is 10.9 Å². The summed E-state index contributed by atoms with van der Waals surface area (Å²) in [5.74, 6) is 0.480. The molecule has 0 aliphatic heterocycles. The zero-order valence-electron chi connectivity index (χ0n) is 10.9. The van der Waals surface area contributed by atoms with Gasteiger partial charge in [-0.25, -0.2) is 4.39 Å². The number of benzene rings is 2. The van der Waals surface area contributed by atoms with E-state index in [0.29, 0.717) is 4.90 Å². The molecule has 0 fully saturated rings. The first-order valence-electron chi connectivity index (χ1n) is 5.97. The van der Waals surface area contributed by atoms with Gasteiger partial charge < -0.3 is 10.5 Å². The van der Waals surface area contributed by atoms with Gasteiger partial charge in [-0.3, -0.25) is 0 Å². The van der Waals surface area contributed by atoms with E-state index in [9.17, 15) is 4.39 Å². The number of ether oxygens (including phenoxy) is 1. The minimum absolute atomic E-state index is 0.167. The second-order valence-electron chi connectivity index (χ2n) is 4.23. The summed E-state index contributed by atoms with van der Waals surface area (Å²) in [5, 5.41) is 0. The van der Waals surface area contributed by atoms with Crippen molar-refractivity contribution in [1.82, 2.24) is 0 Å². The average Bonchev–Trinajstić information content (AvgIpc) is 2.41. The van der Waals surface area contributed by atoms with Crippen molar-refractivity contribution in [2.24, 2.45) is 5.73 Å². The fraction of sp³-hybridized carbons (Fsp3) is 0.200. The van der Waals surface area contributed by atoms with E-state index in [4.69, 9.17) is 10.5 Å². The highest BCUT2D eigenvalue weighted by molar-refractivity contribution is 7.99. The summed E-state index contributed by atoms with van der Waals surface area (Å²) in [6, 6.07) is 12.5. The summed E-state index contributed by atoms with van der Waals surface area (Å²) in [4.78, 5) is 1.45. The lowest BCUT2D eigenvalue weighted by molar-refractivity contribution is 0.405. The van der Waals surface area contributed by atoms with Crippen LogP contribution in [0.25, 0.3) is 0 Å². The Morgan fingerprint density at radius 1 is 1.16 bits per heavy atom. The second-order valence-corrected chi connectivity index (χ2v) is 5.32. The number of para-hydroxylation sites is 1. The first-order chi connectivity index (χ1) is 9.11. The lowest BCUT2D eigenvalue weighted by atomic mass is 10.1. The highest BCUT2D eigenvalue weighted by Crippen LogP contribution is 2.36. The summed E-state index contributed by atoms with van der Waals surface area (Å²) in [7, 11) is 1.61. The third-order valence-electron chi connectivity index (χ3n) is 2.77. The van der Waals surface area contributed by atoms with E-state index in [1.165, 1.54) is 17.8 Å². The molecule has 19 heavy (non-hydrogen) atoms. The molecule has 2 rings (SSSR count). The van der Waals surface area contributed by atoms with Crippen molar-refractivity contribution in [3.63, 3.8) is 0 Å². The fourth-order valence-electron chi connectivity index (χ4n) is 1.70. The van der Waals surface area contributed by atoms with E-state index in [1.54, 1.807) is 13.2 Å². The Morgan fingerprint density at radius 3 is 2.53 bits per heavy atom. The summed E-state index contributed by atoms with van der Waals surface area (Å²) in [6.07, 6.45) is 0. The maximum atomic E-state index is 14.0. The molecule has 2 aromatic rings. The lowest BCUT2D eigenvalue weighted by Gasteiger charge is -2.10. The Morgan fingerprint density at radius 2 is 1.89 bits per heavy atom. The Balaban J connectivity index is 2.28. The van der Waals surface area contributed by atoms with Crippen molar-refractivity contribution in [3.8, 4) is 5.75 Å². The van der Waals surface area contributed by atoms with Gasteiger partial charge >= 0.3 is 0 Å². The Labute approximate surface area is 116 Å². The summed E-state index contributed by atoms with van der Waals surface area (Å²) in [5.41, 5.74) is 6.53. The predicted molar refractivity (Wildman–Crippen MR) is 76.1 cm³/mol. The molecule has 0 heterocycles. The topological polar surface area (TPSA) is 35.2 Å². The molecule has 0 aliphatic rings. The van der Waals surface area contributed by atoms with Crippen molar-refractivity contribution in [3.05, 3.63) is 53.8 Å². The Bertz CT molecular complexity index is 572. The first-order valence-corrected chi connectivity index (χ1v) is 6.79. The molecule has 0 saturated carbocycles. The number of hydrogen-bond donors (Lipinski definition) is 1. The number of hydrogen-bond acceptors (Lipinski definition) is 3. The van der Waals surface area contributed by atoms with Crippen LogP contribution in [0.2, 0.25) is 0 Å². The normalized spacial score (nSPS) is 12.2. The molecule has 4 heteroatoms. The van der Waals surface area contributed by atoms with Gasteiger partial charge in [-0.15, -0.1) is 0 Å². The SMILES string of the molecule is COc1ccccc1Sc1ccc([C@H](C)N)cc1F. The molecule has 0 bridgehead atoms. The largest absolute Gasteiger partial charge is 0.496 e. The average molecular weight is 277 g/mol. The molecule has 0 saturated heterocycles. The standard InChI is InChI=1S/C15H16FNOS/c1-10(17)11-7-8-14(12(16)9-11)19-15-6-4-3-5-13(15)18-2/h3-10H,17H2,1-2H3/t10-/m0/s1. The maximum absolute atomic E-state index is 14.0. The van der Waals surface area contributed by atoms with Crippen LogP contribution in [0.1, 0.15) is 18.5 Å². The molecule has 0 radical (unpaired) electrons. The number of rotatable bonds is 4. The van der Waals surface area contributed by atoms with Crippen molar-refractivity contribution < 1.29 is 9.13 Å². The molecular weight excluding hydrogens is 261 g/mol. The van der Waals surface area contributed by atoms with Crippen LogP contribution in [-0.4, -0.2) is 7.11 Å². The van der Waals surface area contributed by atoms with Crippen LogP contribution in [0, 0.1) is 5.82 Å². The van der Waals surface area contributed by atoms with Crippen LogP contribution < -0.4 is 10.5 Å². The molecule has 1 atom stereocenters. The van der Waals surface area contributed by atoms with Gasteiger partial charge in [0.05, 0.1) is 12.0 Å². The zero-order valence-corrected chi connectivity index (χ0v) is 11.7. The van der Waals surface area contributed by atoms with Crippen molar-refractivity contribution in [1.29, 1.82) is 0 Å². The number of halogens is 1. The van der Waals surface area contributed by atoms with Gasteiger partial charge in [0.1, 0.15) is 11.6 Å². The van der Waals surface area contributed by atoms with Crippen LogP contribution in [-0.2, 0) is 0 Å². The van der Waals surface area contributed by atoms with E-state index in [-0.39, 0.29) is 11.9 Å². The van der Waals surface area contributed by atoms with Gasteiger partial charge in [-0.1, -0.05) is 30.0 Å². The Kier molecular flexibility index (Phi) is 4.45. The van der Waals surface area contributed by atoms with E-state index < -0.39 is 0 Å². The van der Waals surface area contributed by atoms with E-state index in [1.807, 2.05) is 37.3 Å². The molecule has 2 N–H and O–H groups in total. The number of methoxy groups -OCH3 is 1. The van der Waals surface area contributed by atoms with E-state index in [0.717, 1.165) is 16.2 Å². The van der Waals surface area contributed by atoms with E-state index >= 15 is 0 Å². The van der Waals surface area contributed by atoms with E-state index in [2.05, 4.69) is 0 Å². The maximum Gasteiger partial charge on any atom is 0.137 e. The van der Waals surface area contributed by atoms with Crippen molar-refractivity contribution >= 4 is 11.8 Å². The van der Waals surface area contributed by atoms with Gasteiger partial charge in [0.15, 0.2) is 0 Å². The van der Waals surface area contributed by atoms with Crippen molar-refractivity contribution in [2.45, 2.75) is 22.8 Å². The van der Waals surface area contributed by atoms with Crippen LogP contribution >= 0.6 is 11.8 Å². The van der Waals surface area contributed by atoms with Crippen LogP contribution in [0.3, 0.4) is 0 Å². The lowest BCUT2D eigenvalue weighted by Crippen LogP contribution is -2.05. The molecule has 2 nitrogen and oxygen atoms in total. The molecule has 2 aromatic carbocycles. The highest BCUT2D eigenvalue weighted by atomic mass is 32.2. The summed E-state index contributed by atoms with van der Waals surface area (Å²) >= 11 is 1.35. The predicted octanol–water partition coefficient (Wildman–Crippen LogP) is 4.01. The van der Waals surface area contributed by atoms with Gasteiger partial charge in [-0.2, -0.15) is 0 Å².